The van der Waals surface area contributed by atoms with Crippen molar-refractivity contribution in [1.82, 2.24) is 15.8 Å². The van der Waals surface area contributed by atoms with E-state index >= 15 is 0 Å². The Hall–Kier alpha value is -2.41. The van der Waals surface area contributed by atoms with Crippen LogP contribution in [0.1, 0.15) is 28.7 Å². The summed E-state index contributed by atoms with van der Waals surface area (Å²) < 4.78 is 17.8. The van der Waals surface area contributed by atoms with E-state index in [1.807, 2.05) is 0 Å². The van der Waals surface area contributed by atoms with E-state index in [0.717, 1.165) is 11.3 Å². The number of nitrogens with zero attached hydrogens (tertiary/aromatic N) is 1. The fourth-order valence-corrected chi connectivity index (χ4v) is 1.98. The van der Waals surface area contributed by atoms with Crippen molar-refractivity contribution < 1.29 is 18.8 Å². The maximum absolute atomic E-state index is 12.8. The number of nitrogens with one attached hydrogen (secondary N) is 2. The Morgan fingerprint density at radius 3 is 2.59 bits per heavy atom. The average Bonchev–Trinajstić information content (AvgIpc) is 2.82. The standard InChI is InChI=1S/C15H18FN3O3/c1-9-13(10(2)22-19-9)7-17-15(21)18-8-14(20)11-3-5-12(16)6-4-11/h3-6,14,20H,7-8H2,1-2H3,(H2,17,18,21)/t14-/m1/s1. The van der Waals surface area contributed by atoms with Gasteiger partial charge >= 0.3 is 6.03 Å². The highest BCUT2D eigenvalue weighted by Gasteiger charge is 2.12. The van der Waals surface area contributed by atoms with E-state index in [-0.39, 0.29) is 12.4 Å². The van der Waals surface area contributed by atoms with Crippen LogP contribution in [0.3, 0.4) is 0 Å². The molecule has 6 nitrogen and oxygen atoms in total. The number of rotatable bonds is 5. The Labute approximate surface area is 127 Å². The Balaban J connectivity index is 1.79. The second kappa shape index (κ2) is 7.04. The van der Waals surface area contributed by atoms with Crippen LogP contribution < -0.4 is 10.6 Å². The van der Waals surface area contributed by atoms with Gasteiger partial charge in [-0.2, -0.15) is 0 Å². The van der Waals surface area contributed by atoms with Crippen LogP contribution in [0.4, 0.5) is 9.18 Å². The molecular weight excluding hydrogens is 289 g/mol. The first-order valence-electron chi connectivity index (χ1n) is 6.84. The van der Waals surface area contributed by atoms with Crippen LogP contribution in [0.2, 0.25) is 0 Å². The number of carbonyl (C=O) groups is 1. The quantitative estimate of drug-likeness (QED) is 0.788. The van der Waals surface area contributed by atoms with Crippen LogP contribution in [-0.4, -0.2) is 22.8 Å². The number of carbonyl (C=O) groups excluding carboxylic acids is 1. The third kappa shape index (κ3) is 4.05. The van der Waals surface area contributed by atoms with Crippen molar-refractivity contribution in [2.75, 3.05) is 6.54 Å². The molecule has 1 aromatic heterocycles. The molecule has 2 amide bonds. The van der Waals surface area contributed by atoms with Gasteiger partial charge in [-0.05, 0) is 31.5 Å². The van der Waals surface area contributed by atoms with Crippen molar-refractivity contribution in [2.24, 2.45) is 0 Å². The lowest BCUT2D eigenvalue weighted by Crippen LogP contribution is -2.37. The lowest BCUT2D eigenvalue weighted by Gasteiger charge is -2.13. The van der Waals surface area contributed by atoms with Gasteiger partial charge in [0.1, 0.15) is 11.6 Å². The first kappa shape index (κ1) is 16.0. The zero-order chi connectivity index (χ0) is 16.1. The summed E-state index contributed by atoms with van der Waals surface area (Å²) in [5, 5.41) is 18.9. The van der Waals surface area contributed by atoms with Crippen LogP contribution >= 0.6 is 0 Å². The summed E-state index contributed by atoms with van der Waals surface area (Å²) in [5.74, 6) is 0.283. The molecule has 1 aromatic carbocycles. The lowest BCUT2D eigenvalue weighted by molar-refractivity contribution is 0.173. The Morgan fingerprint density at radius 2 is 2.00 bits per heavy atom. The van der Waals surface area contributed by atoms with Crippen LogP contribution in [0, 0.1) is 19.7 Å². The van der Waals surface area contributed by atoms with Crippen molar-refractivity contribution in [3.05, 3.63) is 52.7 Å². The summed E-state index contributed by atoms with van der Waals surface area (Å²) in [6.07, 6.45) is -0.898. The van der Waals surface area contributed by atoms with Gasteiger partial charge in [-0.15, -0.1) is 0 Å². The van der Waals surface area contributed by atoms with Crippen LogP contribution in [-0.2, 0) is 6.54 Å². The van der Waals surface area contributed by atoms with Gasteiger partial charge < -0.3 is 20.3 Å². The van der Waals surface area contributed by atoms with E-state index in [4.69, 9.17) is 4.52 Å². The number of benzene rings is 1. The predicted octanol–water partition coefficient (Wildman–Crippen LogP) is 1.96. The summed E-state index contributed by atoms with van der Waals surface area (Å²) in [7, 11) is 0. The molecule has 22 heavy (non-hydrogen) atoms. The molecular formula is C15H18FN3O3. The van der Waals surface area contributed by atoms with Crippen LogP contribution in [0.5, 0.6) is 0 Å². The molecule has 2 aromatic rings. The third-order valence-electron chi connectivity index (χ3n) is 3.32. The number of halogens is 1. The molecule has 0 spiro atoms. The fourth-order valence-electron chi connectivity index (χ4n) is 1.98. The van der Waals surface area contributed by atoms with Gasteiger partial charge in [0.05, 0.1) is 11.8 Å². The largest absolute Gasteiger partial charge is 0.387 e. The number of amides is 2. The van der Waals surface area contributed by atoms with Crippen molar-refractivity contribution in [3.63, 3.8) is 0 Å². The molecule has 0 aliphatic heterocycles. The summed E-state index contributed by atoms with van der Waals surface area (Å²) in [5.41, 5.74) is 2.09. The van der Waals surface area contributed by atoms with Crippen molar-refractivity contribution in [2.45, 2.75) is 26.5 Å². The van der Waals surface area contributed by atoms with Gasteiger partial charge in [0.2, 0.25) is 0 Å². The first-order valence-corrected chi connectivity index (χ1v) is 6.84. The molecule has 1 heterocycles. The summed E-state index contributed by atoms with van der Waals surface area (Å²) >= 11 is 0. The Bertz CT molecular complexity index is 620. The second-order valence-electron chi connectivity index (χ2n) is 4.93. The van der Waals surface area contributed by atoms with Gasteiger partial charge in [-0.25, -0.2) is 9.18 Å². The fraction of sp³-hybridized carbons (Fsp3) is 0.333. The normalized spacial score (nSPS) is 12.0. The zero-order valence-electron chi connectivity index (χ0n) is 12.4. The smallest absolute Gasteiger partial charge is 0.315 e. The SMILES string of the molecule is Cc1noc(C)c1CNC(=O)NC[C@@H](O)c1ccc(F)cc1. The number of hydrogen-bond donors (Lipinski definition) is 3. The molecule has 7 heteroatoms. The monoisotopic (exact) mass is 307 g/mol. The molecule has 0 aliphatic carbocycles. The molecule has 0 fully saturated rings. The van der Waals surface area contributed by atoms with E-state index in [1.165, 1.54) is 24.3 Å². The second-order valence-corrected chi connectivity index (χ2v) is 4.93. The zero-order valence-corrected chi connectivity index (χ0v) is 12.4. The number of aryl methyl sites for hydroxylation is 2. The van der Waals surface area contributed by atoms with Gasteiger partial charge in [-0.3, -0.25) is 0 Å². The number of aromatic nitrogens is 1. The van der Waals surface area contributed by atoms with Crippen molar-refractivity contribution >= 4 is 6.03 Å². The van der Waals surface area contributed by atoms with E-state index < -0.39 is 12.1 Å². The highest BCUT2D eigenvalue weighted by Crippen LogP contribution is 2.13. The molecule has 118 valence electrons. The van der Waals surface area contributed by atoms with Gasteiger partial charge in [0, 0.05) is 18.7 Å². The van der Waals surface area contributed by atoms with E-state index in [9.17, 15) is 14.3 Å². The first-order chi connectivity index (χ1) is 10.5. The highest BCUT2D eigenvalue weighted by molar-refractivity contribution is 5.73. The summed E-state index contributed by atoms with van der Waals surface area (Å²) in [4.78, 5) is 11.7. The minimum atomic E-state index is -0.898. The highest BCUT2D eigenvalue weighted by atomic mass is 19.1. The number of aliphatic hydroxyl groups is 1. The topological polar surface area (TPSA) is 87.4 Å². The Morgan fingerprint density at radius 1 is 1.32 bits per heavy atom. The molecule has 3 N–H and O–H groups in total. The molecule has 0 saturated carbocycles. The summed E-state index contributed by atoms with van der Waals surface area (Å²) in [6.45, 7) is 3.88. The molecule has 0 bridgehead atoms. The number of urea groups is 1. The van der Waals surface area contributed by atoms with Crippen molar-refractivity contribution in [3.8, 4) is 0 Å². The van der Waals surface area contributed by atoms with Crippen LogP contribution in [0.25, 0.3) is 0 Å². The minimum Gasteiger partial charge on any atom is -0.387 e. The van der Waals surface area contributed by atoms with Gasteiger partial charge in [0.25, 0.3) is 0 Å². The molecule has 1 atom stereocenters. The molecule has 2 rings (SSSR count). The van der Waals surface area contributed by atoms with E-state index in [0.29, 0.717) is 17.9 Å². The number of hydrogen-bond acceptors (Lipinski definition) is 4. The average molecular weight is 307 g/mol. The maximum Gasteiger partial charge on any atom is 0.315 e. The number of aliphatic hydroxyl groups excluding tert-OH is 1. The van der Waals surface area contributed by atoms with E-state index in [2.05, 4.69) is 15.8 Å². The maximum atomic E-state index is 12.8. The predicted molar refractivity (Wildman–Crippen MR) is 77.6 cm³/mol. The van der Waals surface area contributed by atoms with Crippen LogP contribution in [0.15, 0.2) is 28.8 Å². The minimum absolute atomic E-state index is 0.0269. The molecule has 0 aliphatic rings. The molecule has 0 saturated heterocycles. The molecule has 0 radical (unpaired) electrons. The third-order valence-corrected chi connectivity index (χ3v) is 3.32. The van der Waals surface area contributed by atoms with Crippen molar-refractivity contribution in [1.29, 1.82) is 0 Å². The van der Waals surface area contributed by atoms with E-state index in [1.54, 1.807) is 13.8 Å². The lowest BCUT2D eigenvalue weighted by atomic mass is 10.1. The molecule has 0 unspecified atom stereocenters. The van der Waals surface area contributed by atoms with Gasteiger partial charge in [0.15, 0.2) is 0 Å². The van der Waals surface area contributed by atoms with Gasteiger partial charge in [-0.1, -0.05) is 17.3 Å². The summed E-state index contributed by atoms with van der Waals surface area (Å²) in [6, 6.07) is 5.06. The Kier molecular flexibility index (Phi) is 5.11.